The lowest BCUT2D eigenvalue weighted by atomic mass is 10.0. The topological polar surface area (TPSA) is 86.8 Å². The minimum atomic E-state index is 0.133. The van der Waals surface area contributed by atoms with E-state index < -0.39 is 0 Å². The second kappa shape index (κ2) is 9.93. The summed E-state index contributed by atoms with van der Waals surface area (Å²) in [4.78, 5) is 24.0. The van der Waals surface area contributed by atoms with Gasteiger partial charge in [-0.15, -0.1) is 0 Å². The standard InChI is InChI=1S/C28H28N6O/c1-3-13-34(4-2)28(35)23-14-20-5-6-21(15-22(20)16-23)27-29-12-11-26(33-27)32-25-9-7-19(8-10-25)24-17-30-31-18-24/h5-12,14-15,17-18H,3-4,13,16H2,1-2H3,(H,30,31)(H,29,32,33). The molecule has 1 aliphatic carbocycles. The second-order valence-electron chi connectivity index (χ2n) is 8.60. The minimum Gasteiger partial charge on any atom is -0.340 e. The number of rotatable bonds is 8. The highest BCUT2D eigenvalue weighted by Gasteiger charge is 2.22. The molecule has 4 aromatic rings. The molecule has 0 aliphatic heterocycles. The number of nitrogens with one attached hydrogen (secondary N) is 2. The number of H-pyrrole nitrogens is 1. The van der Waals surface area contributed by atoms with E-state index in [-0.39, 0.29) is 5.91 Å². The number of benzene rings is 2. The Morgan fingerprint density at radius 3 is 2.63 bits per heavy atom. The van der Waals surface area contributed by atoms with Crippen molar-refractivity contribution in [1.82, 2.24) is 25.1 Å². The number of hydrogen-bond donors (Lipinski definition) is 2. The van der Waals surface area contributed by atoms with Crippen LogP contribution in [0.2, 0.25) is 0 Å². The van der Waals surface area contributed by atoms with Crippen molar-refractivity contribution >= 4 is 23.5 Å². The van der Waals surface area contributed by atoms with Crippen LogP contribution in [0.3, 0.4) is 0 Å². The zero-order valence-corrected chi connectivity index (χ0v) is 20.0. The van der Waals surface area contributed by atoms with Gasteiger partial charge in [0.25, 0.3) is 0 Å². The van der Waals surface area contributed by atoms with Crippen LogP contribution in [0, 0.1) is 0 Å². The van der Waals surface area contributed by atoms with Gasteiger partial charge in [0.1, 0.15) is 5.82 Å². The van der Waals surface area contributed by atoms with Gasteiger partial charge < -0.3 is 10.2 Å². The van der Waals surface area contributed by atoms with E-state index >= 15 is 0 Å². The van der Waals surface area contributed by atoms with Gasteiger partial charge in [0.05, 0.1) is 6.20 Å². The van der Waals surface area contributed by atoms with E-state index in [9.17, 15) is 4.79 Å². The lowest BCUT2D eigenvalue weighted by molar-refractivity contribution is -0.127. The highest BCUT2D eigenvalue weighted by atomic mass is 16.2. The maximum Gasteiger partial charge on any atom is 0.250 e. The summed E-state index contributed by atoms with van der Waals surface area (Å²) in [5, 5.41) is 10.2. The van der Waals surface area contributed by atoms with Crippen molar-refractivity contribution in [2.75, 3.05) is 18.4 Å². The smallest absolute Gasteiger partial charge is 0.250 e. The van der Waals surface area contributed by atoms with Gasteiger partial charge in [0, 0.05) is 54.3 Å². The quantitative estimate of drug-likeness (QED) is 0.361. The molecule has 0 spiro atoms. The maximum absolute atomic E-state index is 12.9. The van der Waals surface area contributed by atoms with E-state index in [1.54, 1.807) is 12.4 Å². The molecule has 176 valence electrons. The summed E-state index contributed by atoms with van der Waals surface area (Å²) in [5.41, 5.74) is 7.09. The Hall–Kier alpha value is -4.26. The highest BCUT2D eigenvalue weighted by molar-refractivity contribution is 6.00. The number of hydrogen-bond acceptors (Lipinski definition) is 5. The molecule has 0 radical (unpaired) electrons. The first-order valence-corrected chi connectivity index (χ1v) is 12.0. The monoisotopic (exact) mass is 464 g/mol. The number of aromatic nitrogens is 4. The molecule has 1 aliphatic rings. The van der Waals surface area contributed by atoms with Crippen LogP contribution in [0.15, 0.2) is 72.7 Å². The molecule has 5 rings (SSSR count). The fourth-order valence-corrected chi connectivity index (χ4v) is 4.37. The first kappa shape index (κ1) is 22.5. The van der Waals surface area contributed by atoms with Crippen LogP contribution in [0.5, 0.6) is 0 Å². The number of amides is 1. The Kier molecular flexibility index (Phi) is 6.39. The van der Waals surface area contributed by atoms with Gasteiger partial charge in [-0.1, -0.05) is 31.2 Å². The molecule has 0 saturated carbocycles. The van der Waals surface area contributed by atoms with Crippen molar-refractivity contribution in [3.8, 4) is 22.5 Å². The summed E-state index contributed by atoms with van der Waals surface area (Å²) in [6.45, 7) is 5.64. The fraction of sp³-hybridized carbons (Fsp3) is 0.214. The van der Waals surface area contributed by atoms with Crippen LogP contribution in [-0.2, 0) is 11.2 Å². The first-order chi connectivity index (χ1) is 17.1. The Labute approximate surface area is 204 Å². The van der Waals surface area contributed by atoms with E-state index in [1.807, 2.05) is 60.5 Å². The number of anilines is 2. The molecule has 1 amide bonds. The van der Waals surface area contributed by atoms with Crippen LogP contribution in [0.4, 0.5) is 11.5 Å². The van der Waals surface area contributed by atoms with E-state index in [0.717, 1.165) is 64.4 Å². The molecule has 35 heavy (non-hydrogen) atoms. The Bertz CT molecular complexity index is 1360. The van der Waals surface area contributed by atoms with E-state index in [4.69, 9.17) is 4.98 Å². The molecule has 2 aromatic heterocycles. The van der Waals surface area contributed by atoms with Crippen LogP contribution in [0.1, 0.15) is 31.4 Å². The zero-order valence-electron chi connectivity index (χ0n) is 20.0. The molecule has 0 bridgehead atoms. The highest BCUT2D eigenvalue weighted by Crippen LogP contribution is 2.30. The Morgan fingerprint density at radius 2 is 1.89 bits per heavy atom. The van der Waals surface area contributed by atoms with Crippen LogP contribution >= 0.6 is 0 Å². The van der Waals surface area contributed by atoms with Gasteiger partial charge in [-0.25, -0.2) is 9.97 Å². The normalized spacial score (nSPS) is 12.2. The van der Waals surface area contributed by atoms with Crippen LogP contribution in [-0.4, -0.2) is 44.1 Å². The number of carbonyl (C=O) groups is 1. The maximum atomic E-state index is 12.9. The Balaban J connectivity index is 1.30. The van der Waals surface area contributed by atoms with Crippen LogP contribution in [0.25, 0.3) is 28.6 Å². The number of fused-ring (bicyclic) bond motifs is 1. The summed E-state index contributed by atoms with van der Waals surface area (Å²) in [7, 11) is 0. The van der Waals surface area contributed by atoms with Crippen molar-refractivity contribution in [2.24, 2.45) is 0 Å². The van der Waals surface area contributed by atoms with Gasteiger partial charge in [0.2, 0.25) is 5.91 Å². The third-order valence-corrected chi connectivity index (χ3v) is 6.19. The van der Waals surface area contributed by atoms with Gasteiger partial charge in [0.15, 0.2) is 5.82 Å². The second-order valence-corrected chi connectivity index (χ2v) is 8.60. The average molecular weight is 465 g/mol. The molecule has 7 heteroatoms. The number of nitrogens with zero attached hydrogens (tertiary/aromatic N) is 4. The average Bonchev–Trinajstić information content (AvgIpc) is 3.57. The van der Waals surface area contributed by atoms with Crippen molar-refractivity contribution in [2.45, 2.75) is 26.7 Å². The zero-order chi connectivity index (χ0) is 24.2. The lowest BCUT2D eigenvalue weighted by Crippen LogP contribution is -2.32. The summed E-state index contributed by atoms with van der Waals surface area (Å²) in [5.74, 6) is 1.50. The van der Waals surface area contributed by atoms with E-state index in [1.165, 1.54) is 0 Å². The Morgan fingerprint density at radius 1 is 1.06 bits per heavy atom. The van der Waals surface area contributed by atoms with Gasteiger partial charge in [-0.2, -0.15) is 5.10 Å². The molecule has 2 N–H and O–H groups in total. The van der Waals surface area contributed by atoms with Crippen molar-refractivity contribution in [1.29, 1.82) is 0 Å². The molecule has 7 nitrogen and oxygen atoms in total. The van der Waals surface area contributed by atoms with Gasteiger partial charge in [-0.3, -0.25) is 9.89 Å². The molecule has 0 unspecified atom stereocenters. The van der Waals surface area contributed by atoms with Crippen LogP contribution < -0.4 is 5.32 Å². The number of carbonyl (C=O) groups excluding carboxylic acids is 1. The van der Waals surface area contributed by atoms with Gasteiger partial charge >= 0.3 is 0 Å². The number of likely N-dealkylation sites (N-methyl/N-ethyl adjacent to an activating group) is 1. The molecule has 2 heterocycles. The third-order valence-electron chi connectivity index (χ3n) is 6.19. The first-order valence-electron chi connectivity index (χ1n) is 12.0. The van der Waals surface area contributed by atoms with Crippen molar-refractivity contribution < 1.29 is 4.79 Å². The SMILES string of the molecule is CCCN(CC)C(=O)C1=Cc2ccc(-c3nccc(Nc4ccc(-c5cn[nH]c5)cc4)n3)cc2C1. The molecule has 0 atom stereocenters. The largest absolute Gasteiger partial charge is 0.340 e. The summed E-state index contributed by atoms with van der Waals surface area (Å²) in [6, 6.07) is 16.1. The predicted molar refractivity (Wildman–Crippen MR) is 139 cm³/mol. The summed E-state index contributed by atoms with van der Waals surface area (Å²) >= 11 is 0. The summed E-state index contributed by atoms with van der Waals surface area (Å²) < 4.78 is 0. The minimum absolute atomic E-state index is 0.133. The van der Waals surface area contributed by atoms with Gasteiger partial charge in [-0.05, 0) is 60.4 Å². The predicted octanol–water partition coefficient (Wildman–Crippen LogP) is 5.48. The number of aromatic amines is 1. The lowest BCUT2D eigenvalue weighted by Gasteiger charge is -2.20. The third kappa shape index (κ3) is 4.84. The van der Waals surface area contributed by atoms with Crippen molar-refractivity contribution in [3.63, 3.8) is 0 Å². The van der Waals surface area contributed by atoms with Crippen molar-refractivity contribution in [3.05, 3.63) is 83.8 Å². The fourth-order valence-electron chi connectivity index (χ4n) is 4.37. The molecule has 2 aromatic carbocycles. The molecule has 0 saturated heterocycles. The molecular formula is C28H28N6O. The van der Waals surface area contributed by atoms with E-state index in [0.29, 0.717) is 12.2 Å². The summed E-state index contributed by atoms with van der Waals surface area (Å²) in [6.07, 6.45) is 9.05. The molecule has 0 fully saturated rings. The van der Waals surface area contributed by atoms with E-state index in [2.05, 4.69) is 39.6 Å². The molecular weight excluding hydrogens is 436 g/mol.